The fourth-order valence-corrected chi connectivity index (χ4v) is 2.26. The molecule has 7 nitrogen and oxygen atoms in total. The second-order valence-corrected chi connectivity index (χ2v) is 5.54. The molecule has 142 valence electrons. The number of carbonyl (C=O) groups excluding carboxylic acids is 2. The van der Waals surface area contributed by atoms with Gasteiger partial charge in [-0.3, -0.25) is 9.59 Å². The summed E-state index contributed by atoms with van der Waals surface area (Å²) in [7, 11) is 0. The first kappa shape index (κ1) is 20.0. The van der Waals surface area contributed by atoms with Gasteiger partial charge < -0.3 is 14.8 Å². The van der Waals surface area contributed by atoms with Crippen LogP contribution >= 0.6 is 0 Å². The number of hydrazone groups is 1. The molecule has 0 saturated heterocycles. The van der Waals surface area contributed by atoms with E-state index < -0.39 is 11.8 Å². The summed E-state index contributed by atoms with van der Waals surface area (Å²) in [4.78, 5) is 23.8. The van der Waals surface area contributed by atoms with E-state index in [2.05, 4.69) is 15.8 Å². The standard InChI is InChI=1S/C20H23N3O4/c1-4-26-17-11-10-15(12-18(17)27-5-2)13-21-23-20(25)19(24)22-16-9-7-6-8-14(16)3/h6-13H,4-5H2,1-3H3,(H,22,24)(H,23,25)/b21-13-. The third-order valence-corrected chi connectivity index (χ3v) is 3.55. The van der Waals surface area contributed by atoms with Crippen molar-refractivity contribution >= 4 is 23.7 Å². The number of anilines is 1. The third kappa shape index (κ3) is 5.85. The fourth-order valence-electron chi connectivity index (χ4n) is 2.26. The second kappa shape index (κ2) is 9.96. The van der Waals surface area contributed by atoms with Gasteiger partial charge >= 0.3 is 11.8 Å². The normalized spacial score (nSPS) is 10.5. The van der Waals surface area contributed by atoms with Crippen LogP contribution in [0, 0.1) is 6.92 Å². The predicted molar refractivity (Wildman–Crippen MR) is 104 cm³/mol. The summed E-state index contributed by atoms with van der Waals surface area (Å²) >= 11 is 0. The summed E-state index contributed by atoms with van der Waals surface area (Å²) in [5, 5.41) is 6.37. The Hall–Kier alpha value is -3.35. The molecule has 0 fully saturated rings. The van der Waals surface area contributed by atoms with Gasteiger partial charge in [0.15, 0.2) is 11.5 Å². The highest BCUT2D eigenvalue weighted by Gasteiger charge is 2.13. The number of amides is 2. The lowest BCUT2D eigenvalue weighted by Gasteiger charge is -2.11. The van der Waals surface area contributed by atoms with E-state index in [4.69, 9.17) is 9.47 Å². The van der Waals surface area contributed by atoms with Crippen LogP contribution in [-0.2, 0) is 9.59 Å². The number of carbonyl (C=O) groups is 2. The minimum Gasteiger partial charge on any atom is -0.490 e. The van der Waals surface area contributed by atoms with E-state index in [1.165, 1.54) is 6.21 Å². The van der Waals surface area contributed by atoms with E-state index in [-0.39, 0.29) is 0 Å². The number of hydrogen-bond acceptors (Lipinski definition) is 5. The topological polar surface area (TPSA) is 89.0 Å². The molecule has 0 atom stereocenters. The second-order valence-electron chi connectivity index (χ2n) is 5.54. The highest BCUT2D eigenvalue weighted by atomic mass is 16.5. The molecule has 2 rings (SSSR count). The first-order valence-corrected chi connectivity index (χ1v) is 8.64. The zero-order valence-corrected chi connectivity index (χ0v) is 15.6. The number of nitrogens with one attached hydrogen (secondary N) is 2. The van der Waals surface area contributed by atoms with Gasteiger partial charge in [0.05, 0.1) is 19.4 Å². The number of hydrogen-bond donors (Lipinski definition) is 2. The van der Waals surface area contributed by atoms with E-state index in [1.807, 2.05) is 32.9 Å². The Morgan fingerprint density at radius 3 is 2.41 bits per heavy atom. The fraction of sp³-hybridized carbons (Fsp3) is 0.250. The van der Waals surface area contributed by atoms with Gasteiger partial charge in [-0.15, -0.1) is 0 Å². The van der Waals surface area contributed by atoms with E-state index in [0.29, 0.717) is 36.0 Å². The lowest BCUT2D eigenvalue weighted by molar-refractivity contribution is -0.136. The van der Waals surface area contributed by atoms with Gasteiger partial charge in [-0.1, -0.05) is 18.2 Å². The lowest BCUT2D eigenvalue weighted by Crippen LogP contribution is -2.32. The van der Waals surface area contributed by atoms with Crippen molar-refractivity contribution in [2.75, 3.05) is 18.5 Å². The smallest absolute Gasteiger partial charge is 0.329 e. The van der Waals surface area contributed by atoms with Gasteiger partial charge in [-0.05, 0) is 56.2 Å². The molecule has 0 unspecified atom stereocenters. The number of ether oxygens (including phenoxy) is 2. The van der Waals surface area contributed by atoms with Crippen molar-refractivity contribution < 1.29 is 19.1 Å². The Morgan fingerprint density at radius 2 is 1.70 bits per heavy atom. The van der Waals surface area contributed by atoms with Gasteiger partial charge in [-0.25, -0.2) is 5.43 Å². The first-order chi connectivity index (χ1) is 13.0. The molecule has 2 aromatic carbocycles. The quantitative estimate of drug-likeness (QED) is 0.446. The number of para-hydroxylation sites is 1. The molecule has 0 heterocycles. The Bertz CT molecular complexity index is 834. The SMILES string of the molecule is CCOc1ccc(/C=N\NC(=O)C(=O)Nc2ccccc2C)cc1OCC. The zero-order valence-electron chi connectivity index (χ0n) is 15.6. The first-order valence-electron chi connectivity index (χ1n) is 8.64. The number of rotatable bonds is 7. The molecule has 0 saturated carbocycles. The average molecular weight is 369 g/mol. The summed E-state index contributed by atoms with van der Waals surface area (Å²) in [6.45, 7) is 6.63. The molecule has 0 bridgehead atoms. The molecule has 0 spiro atoms. The van der Waals surface area contributed by atoms with Crippen LogP contribution in [0.5, 0.6) is 11.5 Å². The number of benzene rings is 2. The summed E-state index contributed by atoms with van der Waals surface area (Å²) in [5.74, 6) is -0.418. The molecule has 0 aliphatic rings. The van der Waals surface area contributed by atoms with Crippen molar-refractivity contribution in [3.8, 4) is 11.5 Å². The third-order valence-electron chi connectivity index (χ3n) is 3.55. The Labute approximate surface area is 158 Å². The molecule has 7 heteroatoms. The Morgan fingerprint density at radius 1 is 1.00 bits per heavy atom. The summed E-state index contributed by atoms with van der Waals surface area (Å²) in [5.41, 5.74) is 4.34. The lowest BCUT2D eigenvalue weighted by atomic mass is 10.2. The maximum atomic E-state index is 11.9. The molecular formula is C20H23N3O4. The van der Waals surface area contributed by atoms with Crippen LogP contribution in [0.4, 0.5) is 5.69 Å². The maximum absolute atomic E-state index is 11.9. The molecule has 0 aliphatic heterocycles. The summed E-state index contributed by atoms with van der Waals surface area (Å²) < 4.78 is 11.0. The van der Waals surface area contributed by atoms with E-state index >= 15 is 0 Å². The van der Waals surface area contributed by atoms with Crippen molar-refractivity contribution in [2.45, 2.75) is 20.8 Å². The van der Waals surface area contributed by atoms with E-state index in [1.54, 1.807) is 30.3 Å². The van der Waals surface area contributed by atoms with E-state index in [9.17, 15) is 9.59 Å². The largest absolute Gasteiger partial charge is 0.490 e. The molecule has 2 aromatic rings. The van der Waals surface area contributed by atoms with Crippen LogP contribution in [0.2, 0.25) is 0 Å². The molecular weight excluding hydrogens is 346 g/mol. The van der Waals surface area contributed by atoms with Gasteiger partial charge in [-0.2, -0.15) is 5.10 Å². The number of aryl methyl sites for hydroxylation is 1. The monoisotopic (exact) mass is 369 g/mol. The van der Waals surface area contributed by atoms with Gasteiger partial charge in [0, 0.05) is 5.69 Å². The molecule has 2 amide bonds. The van der Waals surface area contributed by atoms with Crippen LogP contribution in [-0.4, -0.2) is 31.2 Å². The Balaban J connectivity index is 1.97. The van der Waals surface area contributed by atoms with Crippen molar-refractivity contribution in [1.29, 1.82) is 0 Å². The van der Waals surface area contributed by atoms with Crippen LogP contribution in [0.25, 0.3) is 0 Å². The minimum absolute atomic E-state index is 0.497. The molecule has 27 heavy (non-hydrogen) atoms. The van der Waals surface area contributed by atoms with E-state index in [0.717, 1.165) is 5.56 Å². The number of nitrogens with zero attached hydrogens (tertiary/aromatic N) is 1. The molecule has 0 radical (unpaired) electrons. The maximum Gasteiger partial charge on any atom is 0.329 e. The van der Waals surface area contributed by atoms with Crippen LogP contribution in [0.1, 0.15) is 25.0 Å². The summed E-state index contributed by atoms with van der Waals surface area (Å²) in [6.07, 6.45) is 1.43. The van der Waals surface area contributed by atoms with Gasteiger partial charge in [0.1, 0.15) is 0 Å². The predicted octanol–water partition coefficient (Wildman–Crippen LogP) is 2.88. The Kier molecular flexibility index (Phi) is 7.37. The van der Waals surface area contributed by atoms with Crippen molar-refractivity contribution in [2.24, 2.45) is 5.10 Å². The summed E-state index contributed by atoms with van der Waals surface area (Å²) in [6, 6.07) is 12.5. The highest BCUT2D eigenvalue weighted by molar-refractivity contribution is 6.39. The van der Waals surface area contributed by atoms with Crippen molar-refractivity contribution in [3.63, 3.8) is 0 Å². The van der Waals surface area contributed by atoms with Crippen molar-refractivity contribution in [3.05, 3.63) is 53.6 Å². The molecule has 0 aliphatic carbocycles. The van der Waals surface area contributed by atoms with Crippen LogP contribution < -0.4 is 20.2 Å². The zero-order chi connectivity index (χ0) is 19.6. The minimum atomic E-state index is -0.856. The van der Waals surface area contributed by atoms with Gasteiger partial charge in [0.25, 0.3) is 0 Å². The van der Waals surface area contributed by atoms with Crippen LogP contribution in [0.3, 0.4) is 0 Å². The van der Waals surface area contributed by atoms with Crippen molar-refractivity contribution in [1.82, 2.24) is 5.43 Å². The van der Waals surface area contributed by atoms with Gasteiger partial charge in [0.2, 0.25) is 0 Å². The highest BCUT2D eigenvalue weighted by Crippen LogP contribution is 2.27. The average Bonchev–Trinajstić information content (AvgIpc) is 2.66. The molecule has 0 aromatic heterocycles. The van der Waals surface area contributed by atoms with Crippen LogP contribution in [0.15, 0.2) is 47.6 Å². The molecule has 2 N–H and O–H groups in total.